The third-order valence-corrected chi connectivity index (χ3v) is 8.61. The van der Waals surface area contributed by atoms with E-state index in [-0.39, 0.29) is 5.69 Å². The van der Waals surface area contributed by atoms with Gasteiger partial charge in [-0.2, -0.15) is 0 Å². The Bertz CT molecular complexity index is 1810. The minimum absolute atomic E-state index is 0.199. The average Bonchev–Trinajstić information content (AvgIpc) is 3.37. The topological polar surface area (TPSA) is 88.1 Å². The largest absolute Gasteiger partial charge is 0.573 e. The summed E-state index contributed by atoms with van der Waals surface area (Å²) in [6.45, 7) is 12.7. The van der Waals surface area contributed by atoms with Gasteiger partial charge in [-0.05, 0) is 68.7 Å². The lowest BCUT2D eigenvalue weighted by Gasteiger charge is -2.35. The molecule has 0 bridgehead atoms. The first-order chi connectivity index (χ1) is 23.6. The number of halogens is 4. The van der Waals surface area contributed by atoms with Gasteiger partial charge in [-0.3, -0.25) is 14.6 Å². The van der Waals surface area contributed by atoms with Crippen LogP contribution in [0.25, 0.3) is 22.0 Å². The highest BCUT2D eigenvalue weighted by Gasteiger charge is 2.31. The van der Waals surface area contributed by atoms with Crippen LogP contribution < -0.4 is 15.4 Å². The molecule has 5 rings (SSSR count). The van der Waals surface area contributed by atoms with Crippen LogP contribution in [0, 0.1) is 0 Å². The van der Waals surface area contributed by atoms with Crippen molar-refractivity contribution in [3.05, 3.63) is 83.0 Å². The molecule has 0 spiro atoms. The van der Waals surface area contributed by atoms with Gasteiger partial charge in [0.2, 0.25) is 5.91 Å². The number of amides is 2. The zero-order valence-electron chi connectivity index (χ0n) is 28.7. The highest BCUT2D eigenvalue weighted by atomic mass is 35.5. The number of alkyl halides is 3. The number of benzene rings is 3. The second kappa shape index (κ2) is 15.7. The van der Waals surface area contributed by atoms with Gasteiger partial charge in [-0.1, -0.05) is 35.9 Å². The van der Waals surface area contributed by atoms with E-state index in [9.17, 15) is 22.8 Å². The Hall–Kier alpha value is -4.26. The quantitative estimate of drug-likeness (QED) is 0.153. The fourth-order valence-corrected chi connectivity index (χ4v) is 6.27. The van der Waals surface area contributed by atoms with Crippen LogP contribution in [-0.2, 0) is 29.2 Å². The standard InChI is InChI=1S/C37H43ClF3N5O4/c1-25(47)43-33-21-28(49-37(39,40)41)11-12-29(33)31-24-46(15-7-14-42-35(48)50-36(2,3)4)34-13-10-26(20-30(31)34)22-44-16-18-45(19-17-44)23-27-8-5-6-9-32(27)38/h5-6,8-13,20-21,24H,7,14-19,22-23H2,1-4H3,(H,42,48)(H,43,47). The maximum Gasteiger partial charge on any atom is 0.573 e. The smallest absolute Gasteiger partial charge is 0.444 e. The molecule has 1 aliphatic heterocycles. The number of ether oxygens (including phenoxy) is 2. The van der Waals surface area contributed by atoms with Crippen LogP contribution in [0.1, 0.15) is 45.2 Å². The molecule has 2 N–H and O–H groups in total. The summed E-state index contributed by atoms with van der Waals surface area (Å²) < 4.78 is 50.7. The van der Waals surface area contributed by atoms with E-state index in [1.165, 1.54) is 25.1 Å². The molecule has 9 nitrogen and oxygen atoms in total. The number of hydrogen-bond acceptors (Lipinski definition) is 6. The average molecular weight is 714 g/mol. The lowest BCUT2D eigenvalue weighted by molar-refractivity contribution is -0.274. The molecule has 2 amide bonds. The zero-order valence-corrected chi connectivity index (χ0v) is 29.5. The summed E-state index contributed by atoms with van der Waals surface area (Å²) >= 11 is 6.39. The highest BCUT2D eigenvalue weighted by Crippen LogP contribution is 2.39. The Morgan fingerprint density at radius 1 is 0.900 bits per heavy atom. The molecule has 4 aromatic rings. The number of alkyl carbamates (subject to hydrolysis) is 1. The summed E-state index contributed by atoms with van der Waals surface area (Å²) in [7, 11) is 0. The van der Waals surface area contributed by atoms with Crippen molar-refractivity contribution in [3.63, 3.8) is 0 Å². The number of fused-ring (bicyclic) bond motifs is 1. The maximum absolute atomic E-state index is 13.1. The first kappa shape index (κ1) is 37.0. The Kier molecular flexibility index (Phi) is 11.7. The molecule has 1 saturated heterocycles. The normalized spacial score (nSPS) is 14.5. The third kappa shape index (κ3) is 10.4. The van der Waals surface area contributed by atoms with Crippen LogP contribution in [0.5, 0.6) is 5.75 Å². The summed E-state index contributed by atoms with van der Waals surface area (Å²) in [5.74, 6) is -0.863. The maximum atomic E-state index is 13.1. The minimum atomic E-state index is -4.88. The first-order valence-electron chi connectivity index (χ1n) is 16.6. The van der Waals surface area contributed by atoms with Crippen molar-refractivity contribution >= 4 is 40.2 Å². The van der Waals surface area contributed by atoms with E-state index in [4.69, 9.17) is 16.3 Å². The van der Waals surface area contributed by atoms with Crippen molar-refractivity contribution in [2.24, 2.45) is 0 Å². The molecular weight excluding hydrogens is 671 g/mol. The van der Waals surface area contributed by atoms with Crippen molar-refractivity contribution in [1.29, 1.82) is 0 Å². The molecule has 0 atom stereocenters. The molecular formula is C37H43ClF3N5O4. The monoisotopic (exact) mass is 713 g/mol. The highest BCUT2D eigenvalue weighted by molar-refractivity contribution is 6.31. The van der Waals surface area contributed by atoms with E-state index >= 15 is 0 Å². The van der Waals surface area contributed by atoms with Crippen LogP contribution in [-0.4, -0.2) is 71.1 Å². The van der Waals surface area contributed by atoms with Crippen LogP contribution in [0.15, 0.2) is 66.9 Å². The van der Waals surface area contributed by atoms with E-state index in [0.29, 0.717) is 25.1 Å². The molecule has 0 saturated carbocycles. The van der Waals surface area contributed by atoms with Crippen LogP contribution in [0.3, 0.4) is 0 Å². The van der Waals surface area contributed by atoms with Crippen molar-refractivity contribution < 1.29 is 32.2 Å². The molecule has 268 valence electrons. The summed E-state index contributed by atoms with van der Waals surface area (Å²) in [6.07, 6.45) is -2.85. The molecule has 2 heterocycles. The third-order valence-electron chi connectivity index (χ3n) is 8.24. The van der Waals surface area contributed by atoms with Crippen LogP contribution in [0.2, 0.25) is 5.02 Å². The van der Waals surface area contributed by atoms with Crippen molar-refractivity contribution in [2.45, 2.75) is 65.7 Å². The lowest BCUT2D eigenvalue weighted by atomic mass is 10.0. The predicted molar refractivity (Wildman–Crippen MR) is 189 cm³/mol. The Morgan fingerprint density at radius 2 is 1.60 bits per heavy atom. The molecule has 1 fully saturated rings. The Labute approximate surface area is 295 Å². The number of piperazine rings is 1. The summed E-state index contributed by atoms with van der Waals surface area (Å²) in [4.78, 5) is 29.1. The van der Waals surface area contributed by atoms with Gasteiger partial charge < -0.3 is 24.7 Å². The second-order valence-corrected chi connectivity index (χ2v) is 13.9. The predicted octanol–water partition coefficient (Wildman–Crippen LogP) is 8.05. The van der Waals surface area contributed by atoms with Gasteiger partial charge >= 0.3 is 12.5 Å². The van der Waals surface area contributed by atoms with Crippen LogP contribution in [0.4, 0.5) is 23.7 Å². The van der Waals surface area contributed by atoms with E-state index in [2.05, 4.69) is 47.9 Å². The van der Waals surface area contributed by atoms with Gasteiger partial charge in [0.05, 0.1) is 5.69 Å². The number of rotatable bonds is 11. The molecule has 0 radical (unpaired) electrons. The second-order valence-electron chi connectivity index (χ2n) is 13.4. The number of carbonyl (C=O) groups is 2. The van der Waals surface area contributed by atoms with Gasteiger partial charge in [0.25, 0.3) is 0 Å². The van der Waals surface area contributed by atoms with Crippen molar-refractivity contribution in [2.75, 3.05) is 38.0 Å². The molecule has 13 heteroatoms. The lowest BCUT2D eigenvalue weighted by Crippen LogP contribution is -2.45. The minimum Gasteiger partial charge on any atom is -0.444 e. The van der Waals surface area contributed by atoms with Gasteiger partial charge in [-0.25, -0.2) is 4.79 Å². The number of hydrogen-bond donors (Lipinski definition) is 2. The molecule has 50 heavy (non-hydrogen) atoms. The summed E-state index contributed by atoms with van der Waals surface area (Å²) in [5.41, 5.74) is 4.00. The number of aryl methyl sites for hydroxylation is 1. The number of anilines is 1. The Balaban J connectivity index is 1.39. The van der Waals surface area contributed by atoms with Crippen molar-refractivity contribution in [1.82, 2.24) is 19.7 Å². The number of nitrogens with zero attached hydrogens (tertiary/aromatic N) is 3. The van der Waals surface area contributed by atoms with Crippen LogP contribution >= 0.6 is 11.6 Å². The van der Waals surface area contributed by atoms with Gasteiger partial charge in [-0.15, -0.1) is 13.2 Å². The molecule has 0 unspecified atom stereocenters. The Morgan fingerprint density at radius 3 is 2.26 bits per heavy atom. The summed E-state index contributed by atoms with van der Waals surface area (Å²) in [6, 6.07) is 18.1. The van der Waals surface area contributed by atoms with E-state index in [1.54, 1.807) is 20.8 Å². The van der Waals surface area contributed by atoms with E-state index in [1.807, 2.05) is 30.5 Å². The summed E-state index contributed by atoms with van der Waals surface area (Å²) in [5, 5.41) is 7.12. The number of aromatic nitrogens is 1. The molecule has 1 aliphatic rings. The zero-order chi connectivity index (χ0) is 36.1. The van der Waals surface area contributed by atoms with Crippen molar-refractivity contribution in [3.8, 4) is 16.9 Å². The fourth-order valence-electron chi connectivity index (χ4n) is 6.08. The molecule has 3 aromatic carbocycles. The van der Waals surface area contributed by atoms with Gasteiger partial charge in [0.15, 0.2) is 0 Å². The SMILES string of the molecule is CC(=O)Nc1cc(OC(F)(F)F)ccc1-c1cn(CCCNC(=O)OC(C)(C)C)c2ccc(CN3CCN(Cc4ccccc4Cl)CC3)cc12. The molecule has 0 aliphatic carbocycles. The first-order valence-corrected chi connectivity index (χ1v) is 17.0. The van der Waals surface area contributed by atoms with Gasteiger partial charge in [0, 0.05) is 98.6 Å². The number of nitrogens with one attached hydrogen (secondary N) is 2. The number of carbonyl (C=O) groups excluding carboxylic acids is 2. The van der Waals surface area contributed by atoms with E-state index < -0.39 is 29.7 Å². The van der Waals surface area contributed by atoms with E-state index in [0.717, 1.165) is 71.9 Å². The van der Waals surface area contributed by atoms with Gasteiger partial charge in [0.1, 0.15) is 11.4 Å². The fraction of sp³-hybridized carbons (Fsp3) is 0.405. The molecule has 1 aromatic heterocycles.